The first kappa shape index (κ1) is 48.6. The van der Waals surface area contributed by atoms with Gasteiger partial charge in [-0.3, -0.25) is 0 Å². The van der Waals surface area contributed by atoms with E-state index in [1.165, 1.54) is 114 Å². The Hall–Kier alpha value is -8.11. The van der Waals surface area contributed by atoms with Crippen LogP contribution in [0.3, 0.4) is 0 Å². The molecule has 0 spiro atoms. The molecule has 11 aromatic carbocycles. The van der Waals surface area contributed by atoms with Crippen molar-refractivity contribution < 1.29 is 9.15 Å². The maximum atomic E-state index is 7.31. The predicted octanol–water partition coefficient (Wildman–Crippen LogP) is 21.2. The Bertz CT molecular complexity index is 5140. The third-order valence-corrected chi connectivity index (χ3v) is 21.8. The lowest BCUT2D eigenvalue weighted by Crippen LogP contribution is -2.57. The molecule has 0 unspecified atom stereocenters. The Labute approximate surface area is 492 Å². The van der Waals surface area contributed by atoms with Crippen molar-refractivity contribution in [2.45, 2.75) is 62.2 Å². The van der Waals surface area contributed by atoms with Crippen LogP contribution in [0.4, 0.5) is 17.1 Å². The van der Waals surface area contributed by atoms with Crippen molar-refractivity contribution in [3.05, 3.63) is 217 Å². The summed E-state index contributed by atoms with van der Waals surface area (Å²) in [5.74, 6) is 1.82. The fourth-order valence-electron chi connectivity index (χ4n) is 13.2. The van der Waals surface area contributed by atoms with Crippen LogP contribution in [0.15, 0.2) is 220 Å². The SMILES string of the molecule is CC(C)(C)c1ccc(N(c2ccc(C(C)(C)C)cc2)c2ccc3c(c2)Sc2cc(-c4ccc5c(c4)sc4ccc6sc7ccccc7c6c45)cc4c2B3c2ccc(-c3ccc5c(c3)sc3ccc6oc7ccccc7c6c35)cc2O4)cc1. The molecule has 0 atom stereocenters. The molecule has 0 saturated carbocycles. The number of ether oxygens (including phenoxy) is 1. The Morgan fingerprint density at radius 3 is 1.56 bits per heavy atom. The minimum atomic E-state index is -0.0297. The normalized spacial score (nSPS) is 13.3. The number of rotatable bonds is 5. The highest BCUT2D eigenvalue weighted by Gasteiger charge is 2.40. The first-order valence-corrected chi connectivity index (χ1v) is 31.5. The molecule has 4 aromatic heterocycles. The van der Waals surface area contributed by atoms with Gasteiger partial charge < -0.3 is 14.1 Å². The first-order valence-electron chi connectivity index (χ1n) is 28.2. The van der Waals surface area contributed by atoms with Crippen LogP contribution in [0.5, 0.6) is 11.5 Å². The van der Waals surface area contributed by atoms with Gasteiger partial charge in [-0.05, 0) is 158 Å². The number of furan rings is 1. The molecule has 392 valence electrons. The zero-order valence-electron chi connectivity index (χ0n) is 46.1. The molecule has 6 heterocycles. The molecule has 17 rings (SSSR count). The summed E-state index contributed by atoms with van der Waals surface area (Å²) in [6.45, 7) is 13.7. The first-order chi connectivity index (χ1) is 39.8. The number of thiophene rings is 3. The molecule has 8 heteroatoms. The summed E-state index contributed by atoms with van der Waals surface area (Å²) in [6.07, 6.45) is 0. The highest BCUT2D eigenvalue weighted by molar-refractivity contribution is 8.00. The molecule has 3 nitrogen and oxygen atoms in total. The lowest BCUT2D eigenvalue weighted by Gasteiger charge is -2.34. The van der Waals surface area contributed by atoms with E-state index in [1.807, 2.05) is 51.8 Å². The quantitative estimate of drug-likeness (QED) is 0.160. The van der Waals surface area contributed by atoms with E-state index in [-0.39, 0.29) is 17.5 Å². The Balaban J connectivity index is 0.819. The van der Waals surface area contributed by atoms with Crippen molar-refractivity contribution >= 4 is 168 Å². The highest BCUT2D eigenvalue weighted by Crippen LogP contribution is 2.49. The van der Waals surface area contributed by atoms with Crippen LogP contribution >= 0.6 is 45.8 Å². The van der Waals surface area contributed by atoms with E-state index in [0.29, 0.717) is 0 Å². The van der Waals surface area contributed by atoms with Crippen LogP contribution in [0.25, 0.3) is 105 Å². The van der Waals surface area contributed by atoms with E-state index in [1.54, 1.807) is 0 Å². The van der Waals surface area contributed by atoms with Crippen molar-refractivity contribution in [1.82, 2.24) is 0 Å². The molecule has 82 heavy (non-hydrogen) atoms. The maximum absolute atomic E-state index is 7.31. The summed E-state index contributed by atoms with van der Waals surface area (Å²) in [7, 11) is 0. The van der Waals surface area contributed by atoms with Gasteiger partial charge in [0.25, 0.3) is 6.71 Å². The van der Waals surface area contributed by atoms with E-state index >= 15 is 0 Å². The largest absolute Gasteiger partial charge is 0.458 e. The van der Waals surface area contributed by atoms with Gasteiger partial charge in [0.05, 0.1) is 0 Å². The highest BCUT2D eigenvalue weighted by atomic mass is 32.2. The molecule has 0 fully saturated rings. The van der Waals surface area contributed by atoms with E-state index in [2.05, 4.69) is 247 Å². The smallest absolute Gasteiger partial charge is 0.253 e. The summed E-state index contributed by atoms with van der Waals surface area (Å²) >= 11 is 7.51. The molecule has 0 aliphatic carbocycles. The van der Waals surface area contributed by atoms with E-state index in [9.17, 15) is 0 Å². The lowest BCUT2D eigenvalue weighted by atomic mass is 9.35. The van der Waals surface area contributed by atoms with Gasteiger partial charge >= 0.3 is 0 Å². The van der Waals surface area contributed by atoms with Crippen LogP contribution in [0.2, 0.25) is 0 Å². The summed E-state index contributed by atoms with van der Waals surface area (Å²) in [5.41, 5.74) is 16.3. The van der Waals surface area contributed by atoms with Crippen molar-refractivity contribution in [2.24, 2.45) is 0 Å². The van der Waals surface area contributed by atoms with Gasteiger partial charge in [-0.25, -0.2) is 0 Å². The van der Waals surface area contributed by atoms with Crippen molar-refractivity contribution in [3.8, 4) is 33.8 Å². The van der Waals surface area contributed by atoms with Gasteiger partial charge in [0.1, 0.15) is 22.7 Å². The molecule has 0 radical (unpaired) electrons. The molecular formula is C74H52BNO2S4. The second kappa shape index (κ2) is 17.7. The van der Waals surface area contributed by atoms with Crippen LogP contribution < -0.4 is 26.0 Å². The topological polar surface area (TPSA) is 25.6 Å². The van der Waals surface area contributed by atoms with Crippen molar-refractivity contribution in [1.29, 1.82) is 0 Å². The number of hydrogen-bond donors (Lipinski definition) is 0. The zero-order chi connectivity index (χ0) is 54.9. The molecular weight excluding hydrogens is 1070 g/mol. The Kier molecular flexibility index (Phi) is 10.5. The third kappa shape index (κ3) is 7.47. The molecule has 2 aliphatic heterocycles. The Morgan fingerprint density at radius 1 is 0.366 bits per heavy atom. The summed E-state index contributed by atoms with van der Waals surface area (Å²) in [6, 6.07) is 77.5. The minimum absolute atomic E-state index is 0.0297. The zero-order valence-corrected chi connectivity index (χ0v) is 49.4. The second-order valence-corrected chi connectivity index (χ2v) is 28.7. The van der Waals surface area contributed by atoms with Gasteiger partial charge in [-0.2, -0.15) is 0 Å². The van der Waals surface area contributed by atoms with Crippen molar-refractivity contribution in [3.63, 3.8) is 0 Å². The Morgan fingerprint density at radius 2 is 0.890 bits per heavy atom. The number of hydrogen-bond acceptors (Lipinski definition) is 7. The van der Waals surface area contributed by atoms with Crippen LogP contribution in [-0.2, 0) is 10.8 Å². The average molecular weight is 1130 g/mol. The molecule has 0 N–H and O–H groups in total. The standard InChI is InChI=1S/C74H52BNO2S4/c1-73(2,3)45-18-22-47(23-19-45)76(48-24-20-46(21-25-48)74(4,5)6)49-26-30-55-66(40-49)82-67-39-44(43-16-28-53-65(38-43)81-63-34-33-62-70(71(53)63)51-12-8-10-14-60(51)79-62)36-59-72(67)75(55)54-29-17-41(35-58(54)78-59)42-15-27-52-64(37-42)80-61-32-31-57-68(69(52)61)50-11-7-9-13-56(50)77-57/h7-40H,1-6H3. The number of anilines is 3. The summed E-state index contributed by atoms with van der Waals surface area (Å²) < 4.78 is 21.5. The van der Waals surface area contributed by atoms with Crippen LogP contribution in [-0.4, -0.2) is 6.71 Å². The minimum Gasteiger partial charge on any atom is -0.458 e. The third-order valence-electron chi connectivity index (χ3n) is 17.3. The van der Waals surface area contributed by atoms with Gasteiger partial charge in [0.15, 0.2) is 0 Å². The predicted molar refractivity (Wildman–Crippen MR) is 357 cm³/mol. The molecule has 0 amide bonds. The summed E-state index contributed by atoms with van der Waals surface area (Å²) in [5, 5.41) is 10.3. The van der Waals surface area contributed by atoms with Gasteiger partial charge in [0.2, 0.25) is 0 Å². The van der Waals surface area contributed by atoms with Gasteiger partial charge in [0, 0.05) is 98.1 Å². The second-order valence-electron chi connectivity index (χ2n) is 24.4. The summed E-state index contributed by atoms with van der Waals surface area (Å²) in [4.78, 5) is 4.91. The number of para-hydroxylation sites is 1. The molecule has 2 aliphatic rings. The van der Waals surface area contributed by atoms with Crippen LogP contribution in [0, 0.1) is 0 Å². The fourth-order valence-corrected chi connectivity index (χ4v) is 17.8. The lowest BCUT2D eigenvalue weighted by molar-refractivity contribution is 0.486. The van der Waals surface area contributed by atoms with E-state index < -0.39 is 0 Å². The van der Waals surface area contributed by atoms with Crippen molar-refractivity contribution in [2.75, 3.05) is 4.90 Å². The van der Waals surface area contributed by atoms with Crippen LogP contribution in [0.1, 0.15) is 52.7 Å². The van der Waals surface area contributed by atoms with E-state index in [4.69, 9.17) is 9.15 Å². The fraction of sp³-hybridized carbons (Fsp3) is 0.108. The van der Waals surface area contributed by atoms with Gasteiger partial charge in [-0.1, -0.05) is 162 Å². The molecule has 15 aromatic rings. The number of benzene rings is 11. The van der Waals surface area contributed by atoms with Gasteiger partial charge in [-0.15, -0.1) is 34.0 Å². The molecule has 0 bridgehead atoms. The average Bonchev–Trinajstić information content (AvgIpc) is 4.03. The monoisotopic (exact) mass is 1130 g/mol. The maximum Gasteiger partial charge on any atom is 0.253 e. The van der Waals surface area contributed by atoms with E-state index in [0.717, 1.165) is 56.2 Å². The molecule has 0 saturated heterocycles. The number of nitrogens with zero attached hydrogens (tertiary/aromatic N) is 1. The number of fused-ring (bicyclic) bond motifs is 18.